The van der Waals surface area contributed by atoms with Crippen LogP contribution in [0, 0.1) is 5.92 Å². The minimum atomic E-state index is -0.452. The maximum atomic E-state index is 12.2. The number of rotatable bonds is 5. The molecule has 3 rings (SSSR count). The Labute approximate surface area is 143 Å². The predicted molar refractivity (Wildman–Crippen MR) is 95.2 cm³/mol. The van der Waals surface area contributed by atoms with E-state index in [2.05, 4.69) is 11.4 Å². The van der Waals surface area contributed by atoms with Gasteiger partial charge >= 0.3 is 5.97 Å². The summed E-state index contributed by atoms with van der Waals surface area (Å²) in [6, 6.07) is 13.9. The molecule has 2 aromatic rings. The molecule has 0 unspecified atom stereocenters. The van der Waals surface area contributed by atoms with E-state index >= 15 is 0 Å². The monoisotopic (exact) mass is 327 g/mol. The second kappa shape index (κ2) is 7.22. The summed E-state index contributed by atoms with van der Waals surface area (Å²) in [4.78, 5) is 12.2. The van der Waals surface area contributed by atoms with Gasteiger partial charge in [-0.15, -0.1) is 0 Å². The number of carbonyl (C=O) groups excluding carboxylic acids is 1. The number of hydrogen-bond donors (Lipinski definition) is 1. The third-order valence-corrected chi connectivity index (χ3v) is 4.78. The van der Waals surface area contributed by atoms with Gasteiger partial charge in [0.15, 0.2) is 6.61 Å². The molecule has 0 spiro atoms. The number of ether oxygens (including phenoxy) is 2. The summed E-state index contributed by atoms with van der Waals surface area (Å²) in [6.45, 7) is 5.90. The summed E-state index contributed by atoms with van der Waals surface area (Å²) in [5.74, 6) is 0.764. The number of piperidine rings is 1. The molecule has 0 aromatic heterocycles. The van der Waals surface area contributed by atoms with E-state index in [0.29, 0.717) is 11.7 Å². The normalized spacial score (nSPS) is 16.1. The van der Waals surface area contributed by atoms with Crippen molar-refractivity contribution >= 4 is 16.7 Å². The minimum absolute atomic E-state index is 0.0628. The van der Waals surface area contributed by atoms with Crippen molar-refractivity contribution in [3.05, 3.63) is 42.5 Å². The lowest BCUT2D eigenvalue weighted by molar-refractivity contribution is -0.165. The summed E-state index contributed by atoms with van der Waals surface area (Å²) in [5.41, 5.74) is -0.452. The van der Waals surface area contributed by atoms with Crippen LogP contribution in [0.25, 0.3) is 10.8 Å². The molecule has 4 heteroatoms. The molecule has 1 N–H and O–H groups in total. The maximum absolute atomic E-state index is 12.2. The van der Waals surface area contributed by atoms with E-state index in [1.54, 1.807) is 0 Å². The molecule has 1 saturated heterocycles. The Balaban J connectivity index is 1.56. The van der Waals surface area contributed by atoms with E-state index in [0.717, 1.165) is 36.7 Å². The largest absolute Gasteiger partial charge is 0.482 e. The highest BCUT2D eigenvalue weighted by Crippen LogP contribution is 2.29. The fraction of sp³-hybridized carbons (Fsp3) is 0.450. The Morgan fingerprint density at radius 3 is 2.58 bits per heavy atom. The lowest BCUT2D eigenvalue weighted by Gasteiger charge is -2.36. The van der Waals surface area contributed by atoms with Gasteiger partial charge < -0.3 is 14.8 Å². The van der Waals surface area contributed by atoms with E-state index in [1.807, 2.05) is 50.2 Å². The van der Waals surface area contributed by atoms with Crippen LogP contribution in [-0.4, -0.2) is 31.3 Å². The van der Waals surface area contributed by atoms with Crippen LogP contribution in [0.2, 0.25) is 0 Å². The number of benzene rings is 2. The first kappa shape index (κ1) is 16.8. The van der Waals surface area contributed by atoms with Crippen LogP contribution in [-0.2, 0) is 9.53 Å². The molecule has 0 atom stereocenters. The molecule has 1 aliphatic rings. The van der Waals surface area contributed by atoms with Crippen molar-refractivity contribution in [1.82, 2.24) is 5.32 Å². The smallest absolute Gasteiger partial charge is 0.344 e. The van der Waals surface area contributed by atoms with Gasteiger partial charge in [0, 0.05) is 5.92 Å². The Morgan fingerprint density at radius 2 is 1.83 bits per heavy atom. The van der Waals surface area contributed by atoms with Crippen LogP contribution in [0.5, 0.6) is 5.75 Å². The van der Waals surface area contributed by atoms with Gasteiger partial charge in [0.1, 0.15) is 11.4 Å². The summed E-state index contributed by atoms with van der Waals surface area (Å²) in [7, 11) is 0. The summed E-state index contributed by atoms with van der Waals surface area (Å²) in [5, 5.41) is 5.58. The molecule has 0 radical (unpaired) electrons. The van der Waals surface area contributed by atoms with Gasteiger partial charge in [-0.1, -0.05) is 30.3 Å². The molecule has 4 nitrogen and oxygen atoms in total. The number of esters is 1. The highest BCUT2D eigenvalue weighted by atomic mass is 16.6. The summed E-state index contributed by atoms with van der Waals surface area (Å²) in [6.07, 6.45) is 2.07. The fourth-order valence-corrected chi connectivity index (χ4v) is 3.32. The molecule has 24 heavy (non-hydrogen) atoms. The van der Waals surface area contributed by atoms with Gasteiger partial charge in [-0.25, -0.2) is 4.79 Å². The third-order valence-electron chi connectivity index (χ3n) is 4.78. The van der Waals surface area contributed by atoms with Crippen molar-refractivity contribution in [2.75, 3.05) is 19.7 Å². The Bertz CT molecular complexity index is 705. The molecule has 128 valence electrons. The maximum Gasteiger partial charge on any atom is 0.344 e. The SMILES string of the molecule is CC(C)(OC(=O)COc1ccc2ccccc2c1)C1CCNCC1. The minimum Gasteiger partial charge on any atom is -0.482 e. The van der Waals surface area contributed by atoms with Gasteiger partial charge in [0.25, 0.3) is 0 Å². The predicted octanol–water partition coefficient (Wildman–Crippen LogP) is 3.54. The number of nitrogens with one attached hydrogen (secondary N) is 1. The van der Waals surface area contributed by atoms with Crippen LogP contribution in [0.4, 0.5) is 0 Å². The lowest BCUT2D eigenvalue weighted by atomic mass is 9.83. The zero-order valence-corrected chi connectivity index (χ0v) is 14.4. The average molecular weight is 327 g/mol. The van der Waals surface area contributed by atoms with Gasteiger partial charge in [0.2, 0.25) is 0 Å². The van der Waals surface area contributed by atoms with Gasteiger partial charge in [-0.3, -0.25) is 0 Å². The molecule has 1 heterocycles. The van der Waals surface area contributed by atoms with Crippen LogP contribution >= 0.6 is 0 Å². The molecule has 0 bridgehead atoms. The highest BCUT2D eigenvalue weighted by Gasteiger charge is 2.34. The van der Waals surface area contributed by atoms with Crippen LogP contribution < -0.4 is 10.1 Å². The third kappa shape index (κ3) is 4.06. The first-order chi connectivity index (χ1) is 11.5. The van der Waals surface area contributed by atoms with Crippen molar-refractivity contribution < 1.29 is 14.3 Å². The molecular formula is C20H25NO3. The topological polar surface area (TPSA) is 47.6 Å². The quantitative estimate of drug-likeness (QED) is 0.853. The van der Waals surface area contributed by atoms with Gasteiger partial charge in [-0.2, -0.15) is 0 Å². The molecule has 1 fully saturated rings. The molecular weight excluding hydrogens is 302 g/mol. The van der Waals surface area contributed by atoms with Crippen molar-refractivity contribution in [2.45, 2.75) is 32.3 Å². The van der Waals surface area contributed by atoms with E-state index in [1.165, 1.54) is 0 Å². The molecule has 0 saturated carbocycles. The van der Waals surface area contributed by atoms with Gasteiger partial charge in [0.05, 0.1) is 0 Å². The molecule has 1 aliphatic heterocycles. The first-order valence-electron chi connectivity index (χ1n) is 8.59. The van der Waals surface area contributed by atoms with E-state index < -0.39 is 5.60 Å². The van der Waals surface area contributed by atoms with Crippen LogP contribution in [0.15, 0.2) is 42.5 Å². The van der Waals surface area contributed by atoms with Crippen molar-refractivity contribution in [3.8, 4) is 5.75 Å². The number of carbonyl (C=O) groups is 1. The van der Waals surface area contributed by atoms with Crippen LogP contribution in [0.3, 0.4) is 0 Å². The molecule has 2 aromatic carbocycles. The second-order valence-electron chi connectivity index (χ2n) is 6.90. The lowest BCUT2D eigenvalue weighted by Crippen LogP contribution is -2.43. The van der Waals surface area contributed by atoms with E-state index in [9.17, 15) is 4.79 Å². The Hall–Kier alpha value is -2.07. The van der Waals surface area contributed by atoms with Crippen molar-refractivity contribution in [1.29, 1.82) is 0 Å². The fourth-order valence-electron chi connectivity index (χ4n) is 3.32. The molecule has 0 amide bonds. The standard InChI is InChI=1S/C20H25NO3/c1-20(2,17-9-11-21-12-10-17)24-19(22)14-23-18-8-7-15-5-3-4-6-16(15)13-18/h3-8,13,17,21H,9-12,14H2,1-2H3. The Kier molecular flexibility index (Phi) is 5.05. The number of fused-ring (bicyclic) bond motifs is 1. The molecule has 0 aliphatic carbocycles. The highest BCUT2D eigenvalue weighted by molar-refractivity contribution is 5.83. The zero-order chi connectivity index (χ0) is 17.0. The first-order valence-corrected chi connectivity index (χ1v) is 8.59. The van der Waals surface area contributed by atoms with Crippen molar-refractivity contribution in [3.63, 3.8) is 0 Å². The van der Waals surface area contributed by atoms with E-state index in [-0.39, 0.29) is 12.6 Å². The van der Waals surface area contributed by atoms with E-state index in [4.69, 9.17) is 9.47 Å². The second-order valence-corrected chi connectivity index (χ2v) is 6.90. The summed E-state index contributed by atoms with van der Waals surface area (Å²) >= 11 is 0. The summed E-state index contributed by atoms with van der Waals surface area (Å²) < 4.78 is 11.3. The Morgan fingerprint density at radius 1 is 1.12 bits per heavy atom. The van der Waals surface area contributed by atoms with Crippen LogP contribution in [0.1, 0.15) is 26.7 Å². The average Bonchev–Trinajstić information content (AvgIpc) is 2.60. The zero-order valence-electron chi connectivity index (χ0n) is 14.4. The number of hydrogen-bond acceptors (Lipinski definition) is 4. The van der Waals surface area contributed by atoms with Crippen molar-refractivity contribution in [2.24, 2.45) is 5.92 Å². The van der Waals surface area contributed by atoms with Gasteiger partial charge in [-0.05, 0) is 62.7 Å².